The number of aliphatic hydroxyl groups is 2. The third-order valence-corrected chi connectivity index (χ3v) is 2.46. The average Bonchev–Trinajstić information content (AvgIpc) is 1.86. The molecule has 0 fully saturated rings. The normalized spacial score (nSPS) is 13.9. The van der Waals surface area contributed by atoms with Gasteiger partial charge in [0, 0.05) is 0 Å². The molecule has 0 radical (unpaired) electrons. The monoisotopic (exact) mass is 178 g/mol. The number of aliphatic hydroxyl groups excluding tert-OH is 2. The maximum atomic E-state index is 10.8. The zero-order chi connectivity index (χ0) is 8.91. The minimum Gasteiger partial charge on any atom is -0.394 e. The van der Waals surface area contributed by atoms with E-state index >= 15 is 0 Å². The first-order chi connectivity index (χ1) is 5.02. The van der Waals surface area contributed by atoms with Crippen molar-refractivity contribution in [2.45, 2.75) is 6.10 Å². The van der Waals surface area contributed by atoms with E-state index in [0.29, 0.717) is 0 Å². The van der Waals surface area contributed by atoms with Crippen LogP contribution in [0.4, 0.5) is 0 Å². The van der Waals surface area contributed by atoms with Crippen LogP contribution in [0.1, 0.15) is 0 Å². The highest BCUT2D eigenvalue weighted by molar-refractivity contribution is 7.91. The Hall–Kier alpha value is -0.570. The lowest BCUT2D eigenvalue weighted by molar-refractivity contribution is 0.112. The van der Waals surface area contributed by atoms with Crippen molar-refractivity contribution < 1.29 is 18.6 Å². The number of sulfone groups is 1. The molecule has 0 rings (SSSR count). The summed E-state index contributed by atoms with van der Waals surface area (Å²) in [4.78, 5) is 0. The van der Waals surface area contributed by atoms with Crippen LogP contribution in [0.5, 0.6) is 0 Å². The summed E-state index contributed by atoms with van der Waals surface area (Å²) in [7, 11) is -3.39. The van der Waals surface area contributed by atoms with Gasteiger partial charge in [0.25, 0.3) is 0 Å². The second kappa shape index (κ2) is 4.34. The topological polar surface area (TPSA) is 74.6 Å². The summed E-state index contributed by atoms with van der Waals surface area (Å²) in [5, 5.41) is 17.0. The van der Waals surface area contributed by atoms with Gasteiger partial charge >= 0.3 is 0 Å². The Morgan fingerprint density at radius 3 is 2.45 bits per heavy atom. The van der Waals surface area contributed by atoms with Crippen molar-refractivity contribution in [3.8, 4) is 12.3 Å². The van der Waals surface area contributed by atoms with Crippen molar-refractivity contribution in [2.75, 3.05) is 18.1 Å². The maximum Gasteiger partial charge on any atom is 0.164 e. The van der Waals surface area contributed by atoms with Crippen LogP contribution in [0.3, 0.4) is 0 Å². The molecule has 1 atom stereocenters. The molecule has 1 unspecified atom stereocenters. The van der Waals surface area contributed by atoms with E-state index in [1.165, 1.54) is 0 Å². The molecule has 0 spiro atoms. The number of hydrogen-bond acceptors (Lipinski definition) is 4. The summed E-state index contributed by atoms with van der Waals surface area (Å²) in [5.41, 5.74) is 0. The quantitative estimate of drug-likeness (QED) is 0.508. The molecule has 0 aliphatic carbocycles. The van der Waals surface area contributed by atoms with Gasteiger partial charge in [0.15, 0.2) is 9.84 Å². The zero-order valence-electron chi connectivity index (χ0n) is 5.90. The molecule has 0 aliphatic heterocycles. The second-order valence-corrected chi connectivity index (χ2v) is 4.20. The van der Waals surface area contributed by atoms with E-state index in [9.17, 15) is 8.42 Å². The van der Waals surface area contributed by atoms with Gasteiger partial charge in [0.2, 0.25) is 0 Å². The van der Waals surface area contributed by atoms with Gasteiger partial charge in [-0.05, 0) is 0 Å². The highest BCUT2D eigenvalue weighted by Crippen LogP contribution is 1.93. The molecule has 0 heterocycles. The lowest BCUT2D eigenvalue weighted by atomic mass is 10.4. The largest absolute Gasteiger partial charge is 0.394 e. The third-order valence-electron chi connectivity index (χ3n) is 0.960. The van der Waals surface area contributed by atoms with E-state index in [1.54, 1.807) is 0 Å². The number of terminal acetylenes is 1. The van der Waals surface area contributed by atoms with Gasteiger partial charge in [0.1, 0.15) is 5.75 Å². The van der Waals surface area contributed by atoms with Gasteiger partial charge in [-0.2, -0.15) is 0 Å². The van der Waals surface area contributed by atoms with Crippen LogP contribution in [0.25, 0.3) is 0 Å². The van der Waals surface area contributed by atoms with E-state index in [0.717, 1.165) is 0 Å². The van der Waals surface area contributed by atoms with Gasteiger partial charge in [-0.1, -0.05) is 5.92 Å². The highest BCUT2D eigenvalue weighted by Gasteiger charge is 2.14. The molecule has 64 valence electrons. The Bertz CT molecular complexity index is 236. The molecule has 11 heavy (non-hydrogen) atoms. The SMILES string of the molecule is C#CCS(=O)(=O)CC(O)CO. The van der Waals surface area contributed by atoms with E-state index in [-0.39, 0.29) is 0 Å². The van der Waals surface area contributed by atoms with Crippen molar-refractivity contribution >= 4 is 9.84 Å². The first-order valence-electron chi connectivity index (χ1n) is 2.94. The molecular formula is C6H10O4S. The van der Waals surface area contributed by atoms with Crippen LogP contribution in [-0.4, -0.2) is 42.8 Å². The lowest BCUT2D eigenvalue weighted by Crippen LogP contribution is -2.25. The Kier molecular flexibility index (Phi) is 4.11. The van der Waals surface area contributed by atoms with Crippen LogP contribution >= 0.6 is 0 Å². The minimum atomic E-state index is -3.39. The predicted octanol–water partition coefficient (Wildman–Crippen LogP) is -1.61. The smallest absolute Gasteiger partial charge is 0.164 e. The van der Waals surface area contributed by atoms with E-state index < -0.39 is 34.1 Å². The predicted molar refractivity (Wildman–Crippen MR) is 40.6 cm³/mol. The molecule has 0 aliphatic rings. The fourth-order valence-electron chi connectivity index (χ4n) is 0.532. The Labute approximate surface area is 65.8 Å². The number of hydrogen-bond donors (Lipinski definition) is 2. The molecule has 2 N–H and O–H groups in total. The van der Waals surface area contributed by atoms with Crippen LogP contribution < -0.4 is 0 Å². The Morgan fingerprint density at radius 2 is 2.09 bits per heavy atom. The zero-order valence-corrected chi connectivity index (χ0v) is 6.71. The van der Waals surface area contributed by atoms with Crippen molar-refractivity contribution in [2.24, 2.45) is 0 Å². The molecule has 4 nitrogen and oxygen atoms in total. The molecule has 0 aromatic carbocycles. The van der Waals surface area contributed by atoms with E-state index in [4.69, 9.17) is 16.6 Å². The standard InChI is InChI=1S/C6H10O4S/c1-2-3-11(9,10)5-6(8)4-7/h1,6-8H,3-5H2. The molecule has 0 amide bonds. The van der Waals surface area contributed by atoms with Crippen molar-refractivity contribution in [3.63, 3.8) is 0 Å². The van der Waals surface area contributed by atoms with Crippen molar-refractivity contribution in [3.05, 3.63) is 0 Å². The number of rotatable bonds is 4. The molecule has 0 saturated carbocycles. The lowest BCUT2D eigenvalue weighted by Gasteiger charge is -2.04. The van der Waals surface area contributed by atoms with Gasteiger partial charge in [-0.3, -0.25) is 0 Å². The summed E-state index contributed by atoms with van der Waals surface area (Å²) in [6.45, 7) is -0.566. The summed E-state index contributed by atoms with van der Waals surface area (Å²) in [6, 6.07) is 0. The summed E-state index contributed by atoms with van der Waals surface area (Å²) < 4.78 is 21.6. The third kappa shape index (κ3) is 4.79. The van der Waals surface area contributed by atoms with Crippen molar-refractivity contribution in [1.29, 1.82) is 0 Å². The summed E-state index contributed by atoms with van der Waals surface area (Å²) in [5.74, 6) is 1.08. The average molecular weight is 178 g/mol. The molecule has 0 bridgehead atoms. The molecule has 0 aromatic heterocycles. The van der Waals surface area contributed by atoms with Crippen LogP contribution in [0, 0.1) is 12.3 Å². The fraction of sp³-hybridized carbons (Fsp3) is 0.667. The van der Waals surface area contributed by atoms with Crippen molar-refractivity contribution in [1.82, 2.24) is 0 Å². The maximum absolute atomic E-state index is 10.8. The second-order valence-electron chi connectivity index (χ2n) is 2.10. The Balaban J connectivity index is 4.05. The van der Waals surface area contributed by atoms with E-state index in [2.05, 4.69) is 0 Å². The summed E-state index contributed by atoms with van der Waals surface area (Å²) >= 11 is 0. The van der Waals surface area contributed by atoms with Crippen LogP contribution in [0.15, 0.2) is 0 Å². The van der Waals surface area contributed by atoms with Gasteiger partial charge in [-0.15, -0.1) is 6.42 Å². The molecule has 5 heteroatoms. The highest BCUT2D eigenvalue weighted by atomic mass is 32.2. The van der Waals surface area contributed by atoms with Gasteiger partial charge < -0.3 is 10.2 Å². The Morgan fingerprint density at radius 1 is 1.55 bits per heavy atom. The first kappa shape index (κ1) is 10.4. The fourth-order valence-corrected chi connectivity index (χ4v) is 1.60. The van der Waals surface area contributed by atoms with Gasteiger partial charge in [0.05, 0.1) is 18.5 Å². The van der Waals surface area contributed by atoms with Crippen LogP contribution in [0.2, 0.25) is 0 Å². The molecular weight excluding hydrogens is 168 g/mol. The van der Waals surface area contributed by atoms with Crippen LogP contribution in [-0.2, 0) is 9.84 Å². The first-order valence-corrected chi connectivity index (χ1v) is 4.77. The molecule has 0 saturated heterocycles. The minimum absolute atomic E-state index is 0.399. The van der Waals surface area contributed by atoms with Gasteiger partial charge in [-0.25, -0.2) is 8.42 Å². The van der Waals surface area contributed by atoms with E-state index in [1.807, 2.05) is 5.92 Å². The summed E-state index contributed by atoms with van der Waals surface area (Å²) in [6.07, 6.45) is 3.53. The molecule has 0 aromatic rings.